The molecule has 0 atom stereocenters. The van der Waals surface area contributed by atoms with Gasteiger partial charge >= 0.3 is 0 Å². The summed E-state index contributed by atoms with van der Waals surface area (Å²) in [5.41, 5.74) is 6.12. The van der Waals surface area contributed by atoms with Crippen molar-refractivity contribution in [2.75, 3.05) is 16.8 Å². The van der Waals surface area contributed by atoms with Crippen molar-refractivity contribution >= 4 is 46.6 Å². The fourth-order valence-electron chi connectivity index (χ4n) is 1.32. The maximum absolute atomic E-state index is 11.8. The number of benzene rings is 1. The predicted octanol–water partition coefficient (Wildman–Crippen LogP) is 3.79. The van der Waals surface area contributed by atoms with Crippen LogP contribution in [0.5, 0.6) is 0 Å². The maximum atomic E-state index is 11.8. The molecular formula is C13H18Cl2N2OS. The van der Waals surface area contributed by atoms with Gasteiger partial charge in [-0.3, -0.25) is 4.79 Å². The van der Waals surface area contributed by atoms with Crippen LogP contribution in [0.25, 0.3) is 0 Å². The third-order valence-corrected chi connectivity index (χ3v) is 4.25. The predicted molar refractivity (Wildman–Crippen MR) is 85.3 cm³/mol. The molecule has 0 saturated carbocycles. The first-order chi connectivity index (χ1) is 8.79. The zero-order valence-electron chi connectivity index (χ0n) is 11.0. The minimum Gasteiger partial charge on any atom is -0.325 e. The van der Waals surface area contributed by atoms with E-state index in [1.165, 1.54) is 0 Å². The second kappa shape index (κ2) is 7.39. The number of carbonyl (C=O) groups is 1. The van der Waals surface area contributed by atoms with E-state index in [0.717, 1.165) is 5.75 Å². The molecular weight excluding hydrogens is 303 g/mol. The number of carbonyl (C=O) groups excluding carboxylic acids is 1. The van der Waals surface area contributed by atoms with E-state index < -0.39 is 0 Å². The number of anilines is 1. The van der Waals surface area contributed by atoms with E-state index in [0.29, 0.717) is 27.9 Å². The highest BCUT2D eigenvalue weighted by molar-refractivity contribution is 7.99. The Morgan fingerprint density at radius 3 is 2.47 bits per heavy atom. The molecule has 1 rings (SSSR count). The monoisotopic (exact) mass is 320 g/mol. The molecule has 0 aliphatic carbocycles. The third-order valence-electron chi connectivity index (χ3n) is 2.17. The van der Waals surface area contributed by atoms with Gasteiger partial charge in [0, 0.05) is 23.5 Å². The van der Waals surface area contributed by atoms with Gasteiger partial charge in [0.1, 0.15) is 0 Å². The zero-order chi connectivity index (χ0) is 14.5. The van der Waals surface area contributed by atoms with Gasteiger partial charge in [0.2, 0.25) is 5.91 Å². The van der Waals surface area contributed by atoms with E-state index in [4.69, 9.17) is 28.9 Å². The molecule has 19 heavy (non-hydrogen) atoms. The second-order valence-electron chi connectivity index (χ2n) is 4.94. The van der Waals surface area contributed by atoms with Crippen molar-refractivity contribution in [3.63, 3.8) is 0 Å². The fraction of sp³-hybridized carbons (Fsp3) is 0.462. The molecule has 0 unspecified atom stereocenters. The lowest BCUT2D eigenvalue weighted by Gasteiger charge is -2.17. The lowest BCUT2D eigenvalue weighted by molar-refractivity contribution is -0.115. The number of nitrogens with one attached hydrogen (secondary N) is 1. The number of thioether (sulfide) groups is 1. The second-order valence-corrected chi connectivity index (χ2v) is 6.86. The average molecular weight is 321 g/mol. The van der Waals surface area contributed by atoms with Gasteiger partial charge in [0.05, 0.1) is 15.7 Å². The summed E-state index contributed by atoms with van der Waals surface area (Å²) in [5, 5.41) is 3.61. The summed E-state index contributed by atoms with van der Waals surface area (Å²) < 4.78 is 0. The van der Waals surface area contributed by atoms with Crippen molar-refractivity contribution < 1.29 is 4.79 Å². The number of rotatable bonds is 6. The van der Waals surface area contributed by atoms with Crippen molar-refractivity contribution in [1.29, 1.82) is 0 Å². The Morgan fingerprint density at radius 2 is 1.95 bits per heavy atom. The van der Waals surface area contributed by atoms with E-state index >= 15 is 0 Å². The summed E-state index contributed by atoms with van der Waals surface area (Å²) in [6, 6.07) is 5.11. The average Bonchev–Trinajstić information content (AvgIpc) is 2.28. The van der Waals surface area contributed by atoms with Crippen LogP contribution >= 0.6 is 35.0 Å². The quantitative estimate of drug-likeness (QED) is 0.784. The van der Waals surface area contributed by atoms with Crippen molar-refractivity contribution in [3.8, 4) is 0 Å². The van der Waals surface area contributed by atoms with Gasteiger partial charge < -0.3 is 11.1 Å². The van der Waals surface area contributed by atoms with Crippen LogP contribution in [0.15, 0.2) is 18.2 Å². The Hall–Kier alpha value is -0.420. The van der Waals surface area contributed by atoms with E-state index in [2.05, 4.69) is 5.32 Å². The molecule has 3 N–H and O–H groups in total. The van der Waals surface area contributed by atoms with Crippen molar-refractivity contribution in [1.82, 2.24) is 0 Å². The standard InChI is InChI=1S/C13H18Cl2N2OS/c1-13(2,16)8-19-7-6-11(18)17-12-9(14)4-3-5-10(12)15/h3-5H,6-8,16H2,1-2H3,(H,17,18). The summed E-state index contributed by atoms with van der Waals surface area (Å²) in [6.45, 7) is 3.92. The molecule has 0 spiro atoms. The molecule has 0 aromatic heterocycles. The van der Waals surface area contributed by atoms with Gasteiger partial charge in [-0.1, -0.05) is 29.3 Å². The Balaban J connectivity index is 2.40. The Morgan fingerprint density at radius 1 is 1.37 bits per heavy atom. The highest BCUT2D eigenvalue weighted by Crippen LogP contribution is 2.29. The summed E-state index contributed by atoms with van der Waals surface area (Å²) in [7, 11) is 0. The lowest BCUT2D eigenvalue weighted by Crippen LogP contribution is -2.34. The first kappa shape index (κ1) is 16.6. The molecule has 0 fully saturated rings. The Labute approximate surface area is 128 Å². The molecule has 0 heterocycles. The first-order valence-electron chi connectivity index (χ1n) is 5.90. The highest BCUT2D eigenvalue weighted by Gasteiger charge is 2.12. The van der Waals surface area contributed by atoms with E-state index in [1.807, 2.05) is 13.8 Å². The largest absolute Gasteiger partial charge is 0.325 e. The van der Waals surface area contributed by atoms with Crippen LogP contribution in [0.4, 0.5) is 5.69 Å². The molecule has 0 radical (unpaired) electrons. The van der Waals surface area contributed by atoms with Gasteiger partial charge in [-0.05, 0) is 26.0 Å². The SMILES string of the molecule is CC(C)(N)CSCCC(=O)Nc1c(Cl)cccc1Cl. The maximum Gasteiger partial charge on any atom is 0.225 e. The number of nitrogens with two attached hydrogens (primary N) is 1. The molecule has 1 aromatic carbocycles. The smallest absolute Gasteiger partial charge is 0.225 e. The van der Waals surface area contributed by atoms with Gasteiger partial charge in [0.25, 0.3) is 0 Å². The summed E-state index contributed by atoms with van der Waals surface area (Å²) in [4.78, 5) is 11.8. The Bertz CT molecular complexity index is 427. The Kier molecular flexibility index (Phi) is 6.47. The number of hydrogen-bond donors (Lipinski definition) is 2. The lowest BCUT2D eigenvalue weighted by atomic mass is 10.1. The topological polar surface area (TPSA) is 55.1 Å². The molecule has 0 saturated heterocycles. The van der Waals surface area contributed by atoms with Gasteiger partial charge in [-0.15, -0.1) is 0 Å². The number of hydrogen-bond acceptors (Lipinski definition) is 3. The van der Waals surface area contributed by atoms with Crippen LogP contribution in [0, 0.1) is 0 Å². The summed E-state index contributed by atoms with van der Waals surface area (Å²) >= 11 is 13.6. The summed E-state index contributed by atoms with van der Waals surface area (Å²) in [5.74, 6) is 1.43. The van der Waals surface area contributed by atoms with Gasteiger partial charge in [-0.25, -0.2) is 0 Å². The van der Waals surface area contributed by atoms with E-state index in [9.17, 15) is 4.79 Å². The van der Waals surface area contributed by atoms with Gasteiger partial charge in [-0.2, -0.15) is 11.8 Å². The minimum absolute atomic E-state index is 0.0997. The van der Waals surface area contributed by atoms with E-state index in [1.54, 1.807) is 30.0 Å². The third kappa shape index (κ3) is 6.52. The molecule has 3 nitrogen and oxygen atoms in total. The molecule has 0 bridgehead atoms. The molecule has 6 heteroatoms. The zero-order valence-corrected chi connectivity index (χ0v) is 13.3. The van der Waals surface area contributed by atoms with Crippen molar-refractivity contribution in [2.45, 2.75) is 25.8 Å². The molecule has 0 aliphatic heterocycles. The van der Waals surface area contributed by atoms with Crippen molar-refractivity contribution in [2.24, 2.45) is 5.73 Å². The van der Waals surface area contributed by atoms with Crippen LogP contribution in [0.2, 0.25) is 10.0 Å². The molecule has 106 valence electrons. The van der Waals surface area contributed by atoms with Crippen LogP contribution in [-0.2, 0) is 4.79 Å². The minimum atomic E-state index is -0.215. The van der Waals surface area contributed by atoms with Gasteiger partial charge in [0.15, 0.2) is 0 Å². The first-order valence-corrected chi connectivity index (χ1v) is 7.81. The van der Waals surface area contributed by atoms with E-state index in [-0.39, 0.29) is 11.4 Å². The number of para-hydroxylation sites is 1. The summed E-state index contributed by atoms with van der Waals surface area (Å²) in [6.07, 6.45) is 0.405. The molecule has 1 aromatic rings. The number of amides is 1. The van der Waals surface area contributed by atoms with Crippen LogP contribution in [0.3, 0.4) is 0 Å². The highest BCUT2D eigenvalue weighted by atomic mass is 35.5. The van der Waals surface area contributed by atoms with Crippen LogP contribution in [0.1, 0.15) is 20.3 Å². The molecule has 0 aliphatic rings. The molecule has 1 amide bonds. The van der Waals surface area contributed by atoms with Crippen LogP contribution in [-0.4, -0.2) is 23.0 Å². The normalized spacial score (nSPS) is 11.4. The van der Waals surface area contributed by atoms with Crippen LogP contribution < -0.4 is 11.1 Å². The fourth-order valence-corrected chi connectivity index (χ4v) is 2.81. The number of halogens is 2. The van der Waals surface area contributed by atoms with Crippen molar-refractivity contribution in [3.05, 3.63) is 28.2 Å².